The van der Waals surface area contributed by atoms with Gasteiger partial charge in [-0.2, -0.15) is 0 Å². The van der Waals surface area contributed by atoms with E-state index in [2.05, 4.69) is 4.74 Å². The van der Waals surface area contributed by atoms with Crippen LogP contribution < -0.4 is 5.48 Å². The number of alkyl halides is 1. The fraction of sp³-hybridized carbons (Fsp3) is 0.667. The van der Waals surface area contributed by atoms with Crippen molar-refractivity contribution in [3.05, 3.63) is 0 Å². The number of halogens is 1. The Balaban J connectivity index is 2.99. The van der Waals surface area contributed by atoms with Gasteiger partial charge in [0.25, 0.3) is 0 Å². The van der Waals surface area contributed by atoms with E-state index in [1.54, 1.807) is 0 Å². The lowest BCUT2D eigenvalue weighted by Crippen LogP contribution is -2.20. The molecule has 0 aliphatic heterocycles. The molecular formula is C3H6ClNO3. The van der Waals surface area contributed by atoms with E-state index >= 15 is 0 Å². The molecule has 0 radical (unpaired) electrons. The maximum Gasteiger partial charge on any atom is 0.431 e. The lowest BCUT2D eigenvalue weighted by atomic mass is 10.9. The molecule has 2 N–H and O–H groups in total. The van der Waals surface area contributed by atoms with Gasteiger partial charge in [0, 0.05) is 0 Å². The van der Waals surface area contributed by atoms with Gasteiger partial charge in [-0.15, -0.1) is 11.6 Å². The third-order valence-corrected chi connectivity index (χ3v) is 0.556. The van der Waals surface area contributed by atoms with Gasteiger partial charge in [-0.05, 0) is 0 Å². The number of nitrogens with one attached hydrogen (secondary N) is 1. The Hall–Kier alpha value is -0.480. The Morgan fingerprint density at radius 2 is 2.50 bits per heavy atom. The first-order chi connectivity index (χ1) is 3.81. The molecule has 0 aromatic rings. The van der Waals surface area contributed by atoms with Gasteiger partial charge in [-0.25, -0.2) is 10.3 Å². The summed E-state index contributed by atoms with van der Waals surface area (Å²) in [6, 6.07) is 0. The molecular weight excluding hydrogens is 133 g/mol. The number of amides is 1. The minimum Gasteiger partial charge on any atom is -0.447 e. The van der Waals surface area contributed by atoms with Crippen LogP contribution in [-0.4, -0.2) is 23.8 Å². The molecule has 5 heteroatoms. The van der Waals surface area contributed by atoms with Gasteiger partial charge < -0.3 is 4.74 Å². The number of hydrogen-bond donors (Lipinski definition) is 2. The molecule has 1 amide bonds. The van der Waals surface area contributed by atoms with E-state index in [9.17, 15) is 4.79 Å². The molecule has 0 atom stereocenters. The van der Waals surface area contributed by atoms with Crippen LogP contribution in [0.2, 0.25) is 0 Å². The van der Waals surface area contributed by atoms with Gasteiger partial charge in [0.2, 0.25) is 0 Å². The smallest absolute Gasteiger partial charge is 0.431 e. The van der Waals surface area contributed by atoms with Crippen LogP contribution in [0.15, 0.2) is 0 Å². The monoisotopic (exact) mass is 139 g/mol. The number of hydroxylamine groups is 1. The van der Waals surface area contributed by atoms with E-state index in [-0.39, 0.29) is 12.5 Å². The minimum atomic E-state index is -0.884. The highest BCUT2D eigenvalue weighted by atomic mass is 35.5. The van der Waals surface area contributed by atoms with Crippen LogP contribution in [0.5, 0.6) is 0 Å². The first-order valence-corrected chi connectivity index (χ1v) is 2.47. The summed E-state index contributed by atoms with van der Waals surface area (Å²) >= 11 is 5.12. The molecule has 0 aromatic carbocycles. The van der Waals surface area contributed by atoms with E-state index in [4.69, 9.17) is 16.8 Å². The summed E-state index contributed by atoms with van der Waals surface area (Å²) in [5.74, 6) is 0.230. The van der Waals surface area contributed by atoms with E-state index < -0.39 is 6.09 Å². The van der Waals surface area contributed by atoms with Crippen molar-refractivity contribution in [1.82, 2.24) is 5.48 Å². The Morgan fingerprint density at radius 1 is 1.88 bits per heavy atom. The van der Waals surface area contributed by atoms with E-state index in [0.29, 0.717) is 0 Å². The first-order valence-electron chi connectivity index (χ1n) is 1.94. The van der Waals surface area contributed by atoms with Crippen molar-refractivity contribution < 1.29 is 14.7 Å². The molecule has 0 saturated heterocycles. The maximum atomic E-state index is 9.93. The van der Waals surface area contributed by atoms with Gasteiger partial charge in [0.15, 0.2) is 0 Å². The van der Waals surface area contributed by atoms with Crippen molar-refractivity contribution in [1.29, 1.82) is 0 Å². The lowest BCUT2D eigenvalue weighted by molar-refractivity contribution is 0.0934. The van der Waals surface area contributed by atoms with Gasteiger partial charge in [0.05, 0.1) is 5.88 Å². The van der Waals surface area contributed by atoms with Crippen LogP contribution >= 0.6 is 11.6 Å². The highest BCUT2D eigenvalue weighted by Gasteiger charge is 1.94. The second-order valence-electron chi connectivity index (χ2n) is 0.937. The van der Waals surface area contributed by atoms with Crippen LogP contribution in [-0.2, 0) is 4.74 Å². The summed E-state index contributed by atoms with van der Waals surface area (Å²) in [5.41, 5.74) is 1.28. The van der Waals surface area contributed by atoms with Gasteiger partial charge in [-0.1, -0.05) is 0 Å². The summed E-state index contributed by atoms with van der Waals surface area (Å²) < 4.78 is 4.21. The van der Waals surface area contributed by atoms with Crippen molar-refractivity contribution in [2.24, 2.45) is 0 Å². The quantitative estimate of drug-likeness (QED) is 0.330. The normalized spacial score (nSPS) is 8.25. The average molecular weight is 140 g/mol. The third kappa shape index (κ3) is 3.70. The highest BCUT2D eigenvalue weighted by Crippen LogP contribution is 1.78. The van der Waals surface area contributed by atoms with Gasteiger partial charge in [-0.3, -0.25) is 5.21 Å². The van der Waals surface area contributed by atoms with Crippen molar-refractivity contribution in [2.45, 2.75) is 0 Å². The van der Waals surface area contributed by atoms with E-state index in [1.165, 1.54) is 5.48 Å². The summed E-state index contributed by atoms with van der Waals surface area (Å²) in [4.78, 5) is 9.93. The number of carbonyl (C=O) groups excluding carboxylic acids is 1. The fourth-order valence-electron chi connectivity index (χ4n) is 0.164. The summed E-state index contributed by atoms with van der Waals surface area (Å²) in [6.07, 6.45) is -0.884. The van der Waals surface area contributed by atoms with Gasteiger partial charge in [0.1, 0.15) is 6.61 Å². The number of rotatable bonds is 2. The highest BCUT2D eigenvalue weighted by molar-refractivity contribution is 6.18. The Morgan fingerprint density at radius 3 is 2.88 bits per heavy atom. The first kappa shape index (κ1) is 7.52. The Labute approximate surface area is 51.3 Å². The molecule has 0 aliphatic carbocycles. The number of carbonyl (C=O) groups is 1. The zero-order valence-electron chi connectivity index (χ0n) is 4.06. The number of hydrogen-bond acceptors (Lipinski definition) is 3. The summed E-state index contributed by atoms with van der Waals surface area (Å²) in [6.45, 7) is 0.105. The van der Waals surface area contributed by atoms with Crippen LogP contribution in [0.1, 0.15) is 0 Å². The zero-order chi connectivity index (χ0) is 6.41. The van der Waals surface area contributed by atoms with Gasteiger partial charge >= 0.3 is 6.09 Å². The number of ether oxygens (including phenoxy) is 1. The molecule has 0 aromatic heterocycles. The van der Waals surface area contributed by atoms with Crippen molar-refractivity contribution >= 4 is 17.7 Å². The maximum absolute atomic E-state index is 9.93. The van der Waals surface area contributed by atoms with Crippen LogP contribution in [0.3, 0.4) is 0 Å². The van der Waals surface area contributed by atoms with Crippen LogP contribution in [0.25, 0.3) is 0 Å². The van der Waals surface area contributed by atoms with Crippen molar-refractivity contribution in [3.63, 3.8) is 0 Å². The molecule has 0 rings (SSSR count). The van der Waals surface area contributed by atoms with E-state index in [0.717, 1.165) is 0 Å². The average Bonchev–Trinajstić information content (AvgIpc) is 1.83. The predicted octanol–water partition coefficient (Wildman–Crippen LogP) is 0.341. The lowest BCUT2D eigenvalue weighted by Gasteiger charge is -1.96. The second kappa shape index (κ2) is 4.67. The Bertz CT molecular complexity index is 76.9. The second-order valence-corrected chi connectivity index (χ2v) is 1.31. The SMILES string of the molecule is O=C(NO)OCCCl. The molecule has 0 saturated carbocycles. The molecule has 0 heterocycles. The largest absolute Gasteiger partial charge is 0.447 e. The van der Waals surface area contributed by atoms with Crippen LogP contribution in [0, 0.1) is 0 Å². The standard InChI is InChI=1S/C3H6ClNO3/c4-1-2-8-3(6)5-7/h7H,1-2H2,(H,5,6). The molecule has 4 nitrogen and oxygen atoms in total. The molecule has 0 aliphatic rings. The van der Waals surface area contributed by atoms with Crippen molar-refractivity contribution in [2.75, 3.05) is 12.5 Å². The molecule has 0 fully saturated rings. The Kier molecular flexibility index (Phi) is 4.39. The van der Waals surface area contributed by atoms with Crippen molar-refractivity contribution in [3.8, 4) is 0 Å². The molecule has 8 heavy (non-hydrogen) atoms. The molecule has 0 spiro atoms. The predicted molar refractivity (Wildman–Crippen MR) is 27.0 cm³/mol. The minimum absolute atomic E-state index is 0.105. The van der Waals surface area contributed by atoms with Crippen LogP contribution in [0.4, 0.5) is 4.79 Å². The topological polar surface area (TPSA) is 58.6 Å². The molecule has 48 valence electrons. The molecule has 0 unspecified atom stereocenters. The zero-order valence-corrected chi connectivity index (χ0v) is 4.81. The fourth-order valence-corrected chi connectivity index (χ4v) is 0.241. The third-order valence-electron chi connectivity index (χ3n) is 0.402. The molecule has 0 bridgehead atoms. The summed E-state index contributed by atoms with van der Waals surface area (Å²) in [5, 5.41) is 7.79. The summed E-state index contributed by atoms with van der Waals surface area (Å²) in [7, 11) is 0. The van der Waals surface area contributed by atoms with E-state index in [1.807, 2.05) is 0 Å².